The molecule has 0 saturated carbocycles. The predicted octanol–water partition coefficient (Wildman–Crippen LogP) is 2.25. The number of pyridine rings is 1. The summed E-state index contributed by atoms with van der Waals surface area (Å²) in [5.74, 6) is -1.84. The first-order valence-corrected chi connectivity index (χ1v) is 4.82. The number of alkyl halides is 3. The number of hydrogen-bond acceptors (Lipinski definition) is 2. The van der Waals surface area contributed by atoms with Gasteiger partial charge in [-0.1, -0.05) is 6.07 Å². The van der Waals surface area contributed by atoms with E-state index in [9.17, 15) is 22.4 Å². The average molecular weight is 250 g/mol. The van der Waals surface area contributed by atoms with Gasteiger partial charge in [0.05, 0.1) is 0 Å². The molecule has 1 aromatic heterocycles. The molecule has 0 fully saturated rings. The van der Waals surface area contributed by atoms with Crippen LogP contribution < -0.4 is 0 Å². The molecule has 0 bridgehead atoms. The number of nitrogens with zero attached hydrogens (tertiary/aromatic N) is 2. The largest absolute Gasteiger partial charge is 0.406 e. The standard InChI is InChI=1S/C10H10F4N2O/c1-2-16(6-10(12,13)14)9(17)7-4-3-5-8(11)15-7/h3-5H,2,6H2,1H3. The summed E-state index contributed by atoms with van der Waals surface area (Å²) in [6, 6.07) is 3.40. The Hall–Kier alpha value is -1.66. The smallest absolute Gasteiger partial charge is 0.328 e. The van der Waals surface area contributed by atoms with Crippen molar-refractivity contribution in [3.05, 3.63) is 29.8 Å². The van der Waals surface area contributed by atoms with Gasteiger partial charge in [0, 0.05) is 6.54 Å². The van der Waals surface area contributed by atoms with E-state index in [0.717, 1.165) is 6.07 Å². The number of halogens is 4. The van der Waals surface area contributed by atoms with Crippen LogP contribution in [-0.4, -0.2) is 35.1 Å². The van der Waals surface area contributed by atoms with Crippen molar-refractivity contribution < 1.29 is 22.4 Å². The second kappa shape index (κ2) is 5.11. The molecule has 1 rings (SSSR count). The van der Waals surface area contributed by atoms with Crippen LogP contribution in [0.4, 0.5) is 17.6 Å². The molecule has 0 N–H and O–H groups in total. The van der Waals surface area contributed by atoms with Crippen LogP contribution >= 0.6 is 0 Å². The Labute approximate surface area is 95.1 Å². The molecule has 1 heterocycles. The van der Waals surface area contributed by atoms with E-state index in [4.69, 9.17) is 0 Å². The zero-order valence-electron chi connectivity index (χ0n) is 8.96. The molecular formula is C10H10F4N2O. The molecule has 0 aliphatic carbocycles. The molecule has 0 unspecified atom stereocenters. The lowest BCUT2D eigenvalue weighted by Crippen LogP contribution is -2.39. The van der Waals surface area contributed by atoms with Crippen molar-refractivity contribution in [2.45, 2.75) is 13.1 Å². The zero-order chi connectivity index (χ0) is 13.1. The molecule has 17 heavy (non-hydrogen) atoms. The zero-order valence-corrected chi connectivity index (χ0v) is 8.96. The third-order valence-electron chi connectivity index (χ3n) is 1.97. The van der Waals surface area contributed by atoms with Gasteiger partial charge in [-0.2, -0.15) is 17.6 Å². The lowest BCUT2D eigenvalue weighted by atomic mass is 10.3. The van der Waals surface area contributed by atoms with Crippen molar-refractivity contribution in [2.75, 3.05) is 13.1 Å². The lowest BCUT2D eigenvalue weighted by molar-refractivity contribution is -0.140. The van der Waals surface area contributed by atoms with Crippen LogP contribution in [0, 0.1) is 5.95 Å². The highest BCUT2D eigenvalue weighted by molar-refractivity contribution is 5.92. The van der Waals surface area contributed by atoms with Gasteiger partial charge >= 0.3 is 6.18 Å². The van der Waals surface area contributed by atoms with Gasteiger partial charge in [-0.3, -0.25) is 4.79 Å². The molecule has 3 nitrogen and oxygen atoms in total. The molecule has 0 atom stereocenters. The van der Waals surface area contributed by atoms with E-state index in [1.54, 1.807) is 0 Å². The minimum Gasteiger partial charge on any atom is -0.328 e. The van der Waals surface area contributed by atoms with E-state index in [2.05, 4.69) is 4.98 Å². The maximum atomic E-state index is 12.7. The summed E-state index contributed by atoms with van der Waals surface area (Å²) < 4.78 is 49.2. The van der Waals surface area contributed by atoms with Crippen molar-refractivity contribution in [2.24, 2.45) is 0 Å². The van der Waals surface area contributed by atoms with Gasteiger partial charge in [0.2, 0.25) is 5.95 Å². The van der Waals surface area contributed by atoms with Gasteiger partial charge in [0.15, 0.2) is 0 Å². The second-order valence-electron chi connectivity index (χ2n) is 3.28. The molecule has 1 amide bonds. The van der Waals surface area contributed by atoms with Gasteiger partial charge in [-0.15, -0.1) is 0 Å². The Kier molecular flexibility index (Phi) is 4.03. The monoisotopic (exact) mass is 250 g/mol. The number of amides is 1. The summed E-state index contributed by atoms with van der Waals surface area (Å²) in [6.07, 6.45) is -4.49. The van der Waals surface area contributed by atoms with E-state index in [1.807, 2.05) is 0 Å². The minimum atomic E-state index is -4.49. The van der Waals surface area contributed by atoms with Gasteiger partial charge in [-0.25, -0.2) is 4.98 Å². The highest BCUT2D eigenvalue weighted by atomic mass is 19.4. The number of rotatable bonds is 3. The van der Waals surface area contributed by atoms with Crippen LogP contribution in [0.5, 0.6) is 0 Å². The fraction of sp³-hybridized carbons (Fsp3) is 0.400. The van der Waals surface area contributed by atoms with E-state index < -0.39 is 24.6 Å². The lowest BCUT2D eigenvalue weighted by Gasteiger charge is -2.21. The maximum Gasteiger partial charge on any atom is 0.406 e. The Morgan fingerprint density at radius 1 is 1.41 bits per heavy atom. The third kappa shape index (κ3) is 4.01. The quantitative estimate of drug-likeness (QED) is 0.609. The Balaban J connectivity index is 2.87. The summed E-state index contributed by atoms with van der Waals surface area (Å²) >= 11 is 0. The van der Waals surface area contributed by atoms with Crippen molar-refractivity contribution >= 4 is 5.91 Å². The van der Waals surface area contributed by atoms with Crippen LogP contribution in [0.3, 0.4) is 0 Å². The summed E-state index contributed by atoms with van der Waals surface area (Å²) in [4.78, 5) is 15.4. The number of aromatic nitrogens is 1. The van der Waals surface area contributed by atoms with E-state index >= 15 is 0 Å². The van der Waals surface area contributed by atoms with Crippen LogP contribution in [0.15, 0.2) is 18.2 Å². The average Bonchev–Trinajstić information content (AvgIpc) is 2.23. The van der Waals surface area contributed by atoms with Gasteiger partial charge < -0.3 is 4.90 Å². The molecule has 0 aliphatic heterocycles. The van der Waals surface area contributed by atoms with Crippen LogP contribution in [0.2, 0.25) is 0 Å². The first-order chi connectivity index (χ1) is 7.83. The molecule has 0 saturated heterocycles. The summed E-state index contributed by atoms with van der Waals surface area (Å²) in [5.41, 5.74) is -0.337. The van der Waals surface area contributed by atoms with Crippen LogP contribution in [0.1, 0.15) is 17.4 Å². The number of hydrogen-bond donors (Lipinski definition) is 0. The highest BCUT2D eigenvalue weighted by Crippen LogP contribution is 2.17. The second-order valence-corrected chi connectivity index (χ2v) is 3.28. The molecule has 0 spiro atoms. The fourth-order valence-corrected chi connectivity index (χ4v) is 1.23. The van der Waals surface area contributed by atoms with Crippen molar-refractivity contribution in [3.63, 3.8) is 0 Å². The highest BCUT2D eigenvalue weighted by Gasteiger charge is 2.33. The predicted molar refractivity (Wildman–Crippen MR) is 51.8 cm³/mol. The minimum absolute atomic E-state index is 0.128. The van der Waals surface area contributed by atoms with Crippen molar-refractivity contribution in [3.8, 4) is 0 Å². The van der Waals surface area contributed by atoms with Crippen LogP contribution in [-0.2, 0) is 0 Å². The van der Waals surface area contributed by atoms with E-state index in [-0.39, 0.29) is 12.2 Å². The molecule has 7 heteroatoms. The normalized spacial score (nSPS) is 11.4. The first-order valence-electron chi connectivity index (χ1n) is 4.82. The van der Waals surface area contributed by atoms with Crippen LogP contribution in [0.25, 0.3) is 0 Å². The molecule has 1 aromatic rings. The molecule has 94 valence electrons. The maximum absolute atomic E-state index is 12.7. The topological polar surface area (TPSA) is 33.2 Å². The Morgan fingerprint density at radius 2 is 2.06 bits per heavy atom. The third-order valence-corrected chi connectivity index (χ3v) is 1.97. The molecule has 0 aliphatic rings. The fourth-order valence-electron chi connectivity index (χ4n) is 1.23. The van der Waals surface area contributed by atoms with E-state index in [1.165, 1.54) is 19.1 Å². The van der Waals surface area contributed by atoms with Gasteiger partial charge in [0.25, 0.3) is 5.91 Å². The molecule has 0 aromatic carbocycles. The first kappa shape index (κ1) is 13.4. The Morgan fingerprint density at radius 3 is 2.53 bits per heavy atom. The van der Waals surface area contributed by atoms with Gasteiger partial charge in [-0.05, 0) is 19.1 Å². The number of carbonyl (C=O) groups is 1. The van der Waals surface area contributed by atoms with Crippen molar-refractivity contribution in [1.82, 2.24) is 9.88 Å². The molecular weight excluding hydrogens is 240 g/mol. The van der Waals surface area contributed by atoms with Gasteiger partial charge in [0.1, 0.15) is 12.2 Å². The summed E-state index contributed by atoms with van der Waals surface area (Å²) in [5, 5.41) is 0. The van der Waals surface area contributed by atoms with Crippen molar-refractivity contribution in [1.29, 1.82) is 0 Å². The summed E-state index contributed by atoms with van der Waals surface area (Å²) in [6.45, 7) is -0.0972. The SMILES string of the molecule is CCN(CC(F)(F)F)C(=O)c1cccc(F)n1. The Bertz CT molecular complexity index is 406. The summed E-state index contributed by atoms with van der Waals surface area (Å²) in [7, 11) is 0. The van der Waals surface area contributed by atoms with E-state index in [0.29, 0.717) is 4.90 Å². The number of carbonyl (C=O) groups excluding carboxylic acids is 1. The molecule has 0 radical (unpaired) electrons.